The molecule has 6 nitrogen and oxygen atoms in total. The predicted molar refractivity (Wildman–Crippen MR) is 126 cm³/mol. The number of ether oxygens (including phenoxy) is 2. The molecule has 0 saturated heterocycles. The number of benzene rings is 2. The van der Waals surface area contributed by atoms with E-state index >= 15 is 0 Å². The molecule has 1 unspecified atom stereocenters. The van der Waals surface area contributed by atoms with Crippen LogP contribution < -0.4 is 9.47 Å². The van der Waals surface area contributed by atoms with Gasteiger partial charge in [-0.1, -0.05) is 32.0 Å². The van der Waals surface area contributed by atoms with Gasteiger partial charge in [-0.05, 0) is 62.5 Å². The van der Waals surface area contributed by atoms with Crippen LogP contribution >= 0.6 is 0 Å². The van der Waals surface area contributed by atoms with E-state index in [4.69, 9.17) is 13.9 Å². The van der Waals surface area contributed by atoms with E-state index in [9.17, 15) is 5.26 Å². The minimum absolute atomic E-state index is 0.165. The van der Waals surface area contributed by atoms with Crippen LogP contribution in [0.2, 0.25) is 0 Å². The monoisotopic (exact) mass is 435 g/mol. The maximum absolute atomic E-state index is 9.45. The topological polar surface area (TPSA) is 71.5 Å². The molecule has 3 rings (SSSR count). The van der Waals surface area contributed by atoms with Crippen molar-refractivity contribution < 1.29 is 13.9 Å². The molecule has 0 N–H and O–H groups in total. The maximum atomic E-state index is 9.45. The molecule has 0 saturated carbocycles. The van der Waals surface area contributed by atoms with Crippen LogP contribution in [0.5, 0.6) is 11.5 Å². The molecule has 1 heterocycles. The Kier molecular flexibility index (Phi) is 8.52. The lowest BCUT2D eigenvalue weighted by Crippen LogP contribution is -2.22. The molecule has 1 aromatic heterocycles. The lowest BCUT2D eigenvalue weighted by Gasteiger charge is -2.16. The van der Waals surface area contributed by atoms with Gasteiger partial charge in [0.15, 0.2) is 5.58 Å². The van der Waals surface area contributed by atoms with Crippen molar-refractivity contribution in [3.05, 3.63) is 53.9 Å². The third-order valence-electron chi connectivity index (χ3n) is 5.57. The molecule has 32 heavy (non-hydrogen) atoms. The minimum Gasteiger partial charge on any atom is -0.497 e. The number of aromatic nitrogens is 1. The Labute approximate surface area is 190 Å². The fourth-order valence-electron chi connectivity index (χ4n) is 3.71. The molecule has 0 radical (unpaired) electrons. The summed E-state index contributed by atoms with van der Waals surface area (Å²) in [5, 5.41) is 9.45. The average Bonchev–Trinajstić information content (AvgIpc) is 3.21. The molecule has 0 bridgehead atoms. The fraction of sp³-hybridized carbons (Fsp3) is 0.462. The molecular weight excluding hydrogens is 402 g/mol. The molecule has 0 aliphatic heterocycles. The van der Waals surface area contributed by atoms with Gasteiger partial charge in [-0.25, -0.2) is 4.98 Å². The van der Waals surface area contributed by atoms with Gasteiger partial charge in [0, 0.05) is 12.6 Å². The number of methoxy groups -OCH3 is 1. The van der Waals surface area contributed by atoms with E-state index in [-0.39, 0.29) is 11.8 Å². The largest absolute Gasteiger partial charge is 0.497 e. The second kappa shape index (κ2) is 11.5. The highest BCUT2D eigenvalue weighted by Crippen LogP contribution is 2.28. The van der Waals surface area contributed by atoms with Crippen LogP contribution in [0.4, 0.5) is 0 Å². The molecule has 0 amide bonds. The molecule has 2 aromatic carbocycles. The first-order valence-electron chi connectivity index (χ1n) is 11.2. The van der Waals surface area contributed by atoms with E-state index in [1.54, 1.807) is 7.11 Å². The predicted octanol–water partition coefficient (Wildman–Crippen LogP) is 5.43. The first-order chi connectivity index (χ1) is 15.5. The second-order valence-electron chi connectivity index (χ2n) is 8.45. The maximum Gasteiger partial charge on any atom is 0.213 e. The number of nitrogens with zero attached hydrogens (tertiary/aromatic N) is 3. The van der Waals surface area contributed by atoms with Gasteiger partial charge < -0.3 is 18.8 Å². The van der Waals surface area contributed by atoms with Crippen molar-refractivity contribution in [2.75, 3.05) is 33.9 Å². The molecule has 6 heteroatoms. The lowest BCUT2D eigenvalue weighted by molar-refractivity contribution is 0.260. The number of para-hydroxylation sites is 1. The summed E-state index contributed by atoms with van der Waals surface area (Å²) in [7, 11) is 3.80. The van der Waals surface area contributed by atoms with Gasteiger partial charge in [0.05, 0.1) is 19.8 Å². The Morgan fingerprint density at radius 2 is 1.84 bits per heavy atom. The van der Waals surface area contributed by atoms with Gasteiger partial charge in [-0.3, -0.25) is 0 Å². The highest BCUT2D eigenvalue weighted by atomic mass is 16.5. The number of hydrogen-bond acceptors (Lipinski definition) is 6. The van der Waals surface area contributed by atoms with Crippen molar-refractivity contribution in [2.45, 2.75) is 39.0 Å². The standard InChI is InChI=1S/C26H33N3O3/c1-19(2)23(18-27)26-28-25-20(9-5-13-24(25)32-26)10-7-14-29(3)15-8-16-31-22-12-6-11-21(17-22)30-4/h5-6,9,11-13,17,19,23H,7-8,10,14-16H2,1-4H3. The Morgan fingerprint density at radius 1 is 1.09 bits per heavy atom. The quantitative estimate of drug-likeness (QED) is 0.353. The van der Waals surface area contributed by atoms with Crippen molar-refractivity contribution in [1.29, 1.82) is 5.26 Å². The van der Waals surface area contributed by atoms with Crippen LogP contribution in [0.25, 0.3) is 11.1 Å². The van der Waals surface area contributed by atoms with Crippen LogP contribution in [0.1, 0.15) is 44.1 Å². The van der Waals surface area contributed by atoms with Crippen molar-refractivity contribution >= 4 is 11.1 Å². The Morgan fingerprint density at radius 3 is 2.59 bits per heavy atom. The normalized spacial score (nSPS) is 12.3. The number of nitriles is 1. The lowest BCUT2D eigenvalue weighted by atomic mass is 9.98. The first-order valence-corrected chi connectivity index (χ1v) is 11.2. The van der Waals surface area contributed by atoms with Crippen LogP contribution in [-0.2, 0) is 6.42 Å². The van der Waals surface area contributed by atoms with Gasteiger partial charge in [0.2, 0.25) is 5.89 Å². The number of fused-ring (bicyclic) bond motifs is 1. The van der Waals surface area contributed by atoms with Gasteiger partial charge >= 0.3 is 0 Å². The van der Waals surface area contributed by atoms with Gasteiger partial charge in [-0.2, -0.15) is 5.26 Å². The van der Waals surface area contributed by atoms with E-state index in [0.717, 1.165) is 55.0 Å². The van der Waals surface area contributed by atoms with Crippen LogP contribution in [-0.4, -0.2) is 43.7 Å². The Hall–Kier alpha value is -3.04. The Bertz CT molecular complexity index is 1040. The van der Waals surface area contributed by atoms with Crippen LogP contribution in [0.3, 0.4) is 0 Å². The fourth-order valence-corrected chi connectivity index (χ4v) is 3.71. The van der Waals surface area contributed by atoms with Crippen LogP contribution in [0.15, 0.2) is 46.9 Å². The van der Waals surface area contributed by atoms with Crippen molar-refractivity contribution in [2.24, 2.45) is 5.92 Å². The van der Waals surface area contributed by atoms with Gasteiger partial charge in [-0.15, -0.1) is 0 Å². The average molecular weight is 436 g/mol. The van der Waals surface area contributed by atoms with E-state index in [0.29, 0.717) is 12.5 Å². The summed E-state index contributed by atoms with van der Waals surface area (Å²) in [6, 6.07) is 16.0. The second-order valence-corrected chi connectivity index (χ2v) is 8.45. The zero-order chi connectivity index (χ0) is 22.9. The van der Waals surface area contributed by atoms with Gasteiger partial charge in [0.1, 0.15) is 22.9 Å². The van der Waals surface area contributed by atoms with E-state index in [1.807, 2.05) is 50.2 Å². The molecule has 0 fully saturated rings. The summed E-state index contributed by atoms with van der Waals surface area (Å²) in [6.07, 6.45) is 2.91. The van der Waals surface area contributed by atoms with Crippen molar-refractivity contribution in [3.63, 3.8) is 0 Å². The summed E-state index contributed by atoms with van der Waals surface area (Å²) in [4.78, 5) is 7.00. The summed E-state index contributed by atoms with van der Waals surface area (Å²) in [5.74, 6) is 2.01. The third kappa shape index (κ3) is 6.24. The van der Waals surface area contributed by atoms with Crippen molar-refractivity contribution in [1.82, 2.24) is 9.88 Å². The number of hydrogen-bond donors (Lipinski definition) is 0. The first kappa shape index (κ1) is 23.6. The number of aryl methyl sites for hydroxylation is 1. The highest BCUT2D eigenvalue weighted by Gasteiger charge is 2.22. The molecular formula is C26H33N3O3. The molecule has 3 aromatic rings. The van der Waals surface area contributed by atoms with Crippen LogP contribution in [0, 0.1) is 17.2 Å². The van der Waals surface area contributed by atoms with E-state index in [1.165, 1.54) is 5.56 Å². The number of oxazole rings is 1. The molecule has 0 aliphatic carbocycles. The van der Waals surface area contributed by atoms with Crippen molar-refractivity contribution in [3.8, 4) is 17.6 Å². The summed E-state index contributed by atoms with van der Waals surface area (Å²) >= 11 is 0. The smallest absolute Gasteiger partial charge is 0.213 e. The molecule has 170 valence electrons. The molecule has 0 spiro atoms. The van der Waals surface area contributed by atoms with E-state index < -0.39 is 0 Å². The highest BCUT2D eigenvalue weighted by molar-refractivity contribution is 5.76. The SMILES string of the molecule is COc1cccc(OCCCN(C)CCCc2cccc3oc(C(C#N)C(C)C)nc23)c1. The summed E-state index contributed by atoms with van der Waals surface area (Å²) < 4.78 is 16.9. The zero-order valence-electron chi connectivity index (χ0n) is 19.5. The minimum atomic E-state index is -0.319. The zero-order valence-corrected chi connectivity index (χ0v) is 19.5. The summed E-state index contributed by atoms with van der Waals surface area (Å²) in [5.41, 5.74) is 2.83. The third-order valence-corrected chi connectivity index (χ3v) is 5.57. The Balaban J connectivity index is 1.45. The number of rotatable bonds is 12. The molecule has 1 atom stereocenters. The van der Waals surface area contributed by atoms with Gasteiger partial charge in [0.25, 0.3) is 0 Å². The van der Waals surface area contributed by atoms with E-state index in [2.05, 4.69) is 29.1 Å². The molecule has 0 aliphatic rings. The summed E-state index contributed by atoms with van der Waals surface area (Å²) in [6.45, 7) is 6.67.